The molecule has 0 aromatic heterocycles. The molecule has 7 nitrogen and oxygen atoms in total. The molecule has 0 bridgehead atoms. The normalized spacial score (nSPS) is 16.2. The number of halogens is 1. The number of ether oxygens (including phenoxy) is 1. The molecule has 0 fully saturated rings. The largest absolute Gasteiger partial charge is 0.495 e. The quantitative estimate of drug-likeness (QED) is 0.668. The smallest absolute Gasteiger partial charge is 0.228 e. The van der Waals surface area contributed by atoms with Gasteiger partial charge in [0, 0.05) is 28.7 Å². The Morgan fingerprint density at radius 1 is 1.30 bits per heavy atom. The van der Waals surface area contributed by atoms with Gasteiger partial charge in [0.05, 0.1) is 28.5 Å². The van der Waals surface area contributed by atoms with Crippen molar-refractivity contribution < 1.29 is 22.7 Å². The van der Waals surface area contributed by atoms with Crippen LogP contribution in [0.2, 0.25) is 5.02 Å². The van der Waals surface area contributed by atoms with Crippen LogP contribution < -0.4 is 15.4 Å². The van der Waals surface area contributed by atoms with Crippen LogP contribution in [-0.4, -0.2) is 38.8 Å². The maximum absolute atomic E-state index is 12.7. The predicted molar refractivity (Wildman–Crippen MR) is 118 cm³/mol. The van der Waals surface area contributed by atoms with E-state index in [9.17, 15) is 18.0 Å². The maximum Gasteiger partial charge on any atom is 0.228 e. The first-order valence-electron chi connectivity index (χ1n) is 9.13. The Hall–Kier alpha value is -2.23. The van der Waals surface area contributed by atoms with Crippen molar-refractivity contribution in [2.75, 3.05) is 29.2 Å². The van der Waals surface area contributed by atoms with E-state index in [1.54, 1.807) is 18.2 Å². The molecule has 2 aromatic carbocycles. The number of rotatable bonds is 6. The number of fused-ring (bicyclic) bond motifs is 1. The average Bonchev–Trinajstić information content (AvgIpc) is 2.84. The number of amides is 2. The highest BCUT2D eigenvalue weighted by atomic mass is 35.5. The van der Waals surface area contributed by atoms with Gasteiger partial charge in [-0.25, -0.2) is 8.42 Å². The number of sulfone groups is 1. The monoisotopic (exact) mass is 468 g/mol. The van der Waals surface area contributed by atoms with E-state index in [0.717, 1.165) is 4.90 Å². The van der Waals surface area contributed by atoms with Gasteiger partial charge in [0.15, 0.2) is 9.84 Å². The van der Waals surface area contributed by atoms with Crippen molar-refractivity contribution in [3.05, 3.63) is 41.4 Å². The minimum atomic E-state index is -3.71. The molecule has 0 spiro atoms. The highest BCUT2D eigenvalue weighted by Gasteiger charge is 2.23. The van der Waals surface area contributed by atoms with Gasteiger partial charge in [0.25, 0.3) is 0 Å². The van der Waals surface area contributed by atoms with E-state index in [1.165, 1.54) is 37.1 Å². The Morgan fingerprint density at radius 2 is 2.07 bits per heavy atom. The molecule has 2 N–H and O–H groups in total. The first-order valence-corrected chi connectivity index (χ1v) is 12.1. The summed E-state index contributed by atoms with van der Waals surface area (Å²) >= 11 is 7.53. The number of carbonyl (C=O) groups is 2. The van der Waals surface area contributed by atoms with Crippen molar-refractivity contribution in [3.8, 4) is 5.75 Å². The summed E-state index contributed by atoms with van der Waals surface area (Å²) in [5.74, 6) is -0.0299. The van der Waals surface area contributed by atoms with Crippen LogP contribution in [0.3, 0.4) is 0 Å². The first-order chi connectivity index (χ1) is 14.2. The van der Waals surface area contributed by atoms with Crippen LogP contribution in [0.1, 0.15) is 13.3 Å². The maximum atomic E-state index is 12.7. The standard InChI is InChI=1S/C20H21ClN2O5S2/c1-12-11-29-18-6-4-14(10-16(18)23-20(12)25)30(26,27)8-7-19(24)22-13-3-5-17(28-2)15(21)9-13/h3-6,9-10,12H,7-8,11H2,1-2H3,(H,22,24)(H,23,25)/t12-/m1/s1. The Kier molecular flexibility index (Phi) is 6.95. The minimum absolute atomic E-state index is 0.0667. The van der Waals surface area contributed by atoms with Crippen LogP contribution in [0.4, 0.5) is 11.4 Å². The molecule has 2 aromatic rings. The first kappa shape index (κ1) is 22.5. The summed E-state index contributed by atoms with van der Waals surface area (Å²) in [6.07, 6.45) is -0.221. The van der Waals surface area contributed by atoms with E-state index in [1.807, 2.05) is 6.92 Å². The van der Waals surface area contributed by atoms with Gasteiger partial charge in [-0.05, 0) is 36.4 Å². The number of hydrogen-bond donors (Lipinski definition) is 2. The van der Waals surface area contributed by atoms with E-state index in [4.69, 9.17) is 16.3 Å². The third-order valence-electron chi connectivity index (χ3n) is 4.54. The van der Waals surface area contributed by atoms with Crippen LogP contribution in [0, 0.1) is 5.92 Å². The highest BCUT2D eigenvalue weighted by Crippen LogP contribution is 2.34. The second-order valence-corrected chi connectivity index (χ2v) is 10.4. The van der Waals surface area contributed by atoms with Gasteiger partial charge in [-0.15, -0.1) is 11.8 Å². The zero-order chi connectivity index (χ0) is 21.9. The SMILES string of the molecule is COc1ccc(NC(=O)CCS(=O)(=O)c2ccc3c(c2)NC(=O)[C@H](C)CS3)cc1Cl. The van der Waals surface area contributed by atoms with Crippen molar-refractivity contribution in [1.82, 2.24) is 0 Å². The molecule has 0 saturated carbocycles. The molecule has 1 aliphatic rings. The third kappa shape index (κ3) is 5.27. The van der Waals surface area contributed by atoms with Crippen LogP contribution in [0.25, 0.3) is 0 Å². The fraction of sp³-hybridized carbons (Fsp3) is 0.300. The summed E-state index contributed by atoms with van der Waals surface area (Å²) in [5.41, 5.74) is 0.926. The lowest BCUT2D eigenvalue weighted by Gasteiger charge is -2.11. The molecule has 1 aliphatic heterocycles. The Bertz CT molecular complexity index is 1090. The lowest BCUT2D eigenvalue weighted by molar-refractivity contribution is -0.118. The summed E-state index contributed by atoms with van der Waals surface area (Å²) in [4.78, 5) is 25.1. The number of hydrogen-bond acceptors (Lipinski definition) is 6. The number of benzene rings is 2. The Balaban J connectivity index is 1.67. The van der Waals surface area contributed by atoms with Gasteiger partial charge in [-0.2, -0.15) is 0 Å². The molecule has 1 atom stereocenters. The van der Waals surface area contributed by atoms with Crippen molar-refractivity contribution in [3.63, 3.8) is 0 Å². The van der Waals surface area contributed by atoms with Crippen molar-refractivity contribution >= 4 is 56.4 Å². The van der Waals surface area contributed by atoms with E-state index in [0.29, 0.717) is 27.9 Å². The number of thioether (sulfide) groups is 1. The zero-order valence-corrected chi connectivity index (χ0v) is 18.8. The molecule has 3 rings (SSSR count). The van der Waals surface area contributed by atoms with Gasteiger partial charge in [-0.3, -0.25) is 9.59 Å². The molecule has 30 heavy (non-hydrogen) atoms. The predicted octanol–water partition coefficient (Wildman–Crippen LogP) is 3.83. The van der Waals surface area contributed by atoms with Crippen LogP contribution in [-0.2, 0) is 19.4 Å². The molecule has 1 heterocycles. The van der Waals surface area contributed by atoms with E-state index < -0.39 is 15.7 Å². The highest BCUT2D eigenvalue weighted by molar-refractivity contribution is 7.99. The Labute approximate surface area is 184 Å². The van der Waals surface area contributed by atoms with Crippen molar-refractivity contribution in [2.24, 2.45) is 5.92 Å². The summed E-state index contributed by atoms with van der Waals surface area (Å²) in [5, 5.41) is 5.73. The fourth-order valence-electron chi connectivity index (χ4n) is 2.79. The van der Waals surface area contributed by atoms with Crippen LogP contribution >= 0.6 is 23.4 Å². The second-order valence-electron chi connectivity index (χ2n) is 6.83. The molecular weight excluding hydrogens is 448 g/mol. The minimum Gasteiger partial charge on any atom is -0.495 e. The molecule has 10 heteroatoms. The van der Waals surface area contributed by atoms with E-state index in [2.05, 4.69) is 10.6 Å². The summed E-state index contributed by atoms with van der Waals surface area (Å²) in [7, 11) is -2.23. The molecule has 0 saturated heterocycles. The molecule has 0 unspecified atom stereocenters. The average molecular weight is 469 g/mol. The van der Waals surface area contributed by atoms with Gasteiger partial charge < -0.3 is 15.4 Å². The van der Waals surface area contributed by atoms with Gasteiger partial charge in [0.2, 0.25) is 11.8 Å². The second kappa shape index (κ2) is 9.28. The van der Waals surface area contributed by atoms with Gasteiger partial charge in [-0.1, -0.05) is 18.5 Å². The van der Waals surface area contributed by atoms with Gasteiger partial charge >= 0.3 is 0 Å². The van der Waals surface area contributed by atoms with Crippen molar-refractivity contribution in [2.45, 2.75) is 23.1 Å². The summed E-state index contributed by atoms with van der Waals surface area (Å²) in [6.45, 7) is 1.82. The lowest BCUT2D eigenvalue weighted by Crippen LogP contribution is -2.20. The van der Waals surface area contributed by atoms with E-state index in [-0.39, 0.29) is 28.9 Å². The molecule has 160 valence electrons. The lowest BCUT2D eigenvalue weighted by atomic mass is 10.2. The van der Waals surface area contributed by atoms with Gasteiger partial charge in [0.1, 0.15) is 5.75 Å². The summed E-state index contributed by atoms with van der Waals surface area (Å²) < 4.78 is 30.5. The number of carbonyl (C=O) groups excluding carboxylic acids is 2. The third-order valence-corrected chi connectivity index (χ3v) is 7.88. The number of methoxy groups -OCH3 is 1. The number of anilines is 2. The molecule has 0 aliphatic carbocycles. The number of nitrogens with one attached hydrogen (secondary N) is 2. The van der Waals surface area contributed by atoms with Crippen molar-refractivity contribution in [1.29, 1.82) is 0 Å². The zero-order valence-electron chi connectivity index (χ0n) is 16.4. The summed E-state index contributed by atoms with van der Waals surface area (Å²) in [6, 6.07) is 9.40. The van der Waals surface area contributed by atoms with Crippen LogP contribution in [0.5, 0.6) is 5.75 Å². The topological polar surface area (TPSA) is 102 Å². The fourth-order valence-corrected chi connectivity index (χ4v) is 5.32. The van der Waals surface area contributed by atoms with Crippen LogP contribution in [0.15, 0.2) is 46.2 Å². The molecule has 0 radical (unpaired) electrons. The molecule has 2 amide bonds. The Morgan fingerprint density at radius 3 is 2.77 bits per heavy atom. The van der Waals surface area contributed by atoms with E-state index >= 15 is 0 Å². The molecular formula is C20H21ClN2O5S2.